The van der Waals surface area contributed by atoms with Gasteiger partial charge in [-0.15, -0.1) is 0 Å². The third kappa shape index (κ3) is 3.69. The van der Waals surface area contributed by atoms with Crippen molar-refractivity contribution < 1.29 is 9.53 Å². The van der Waals surface area contributed by atoms with E-state index in [4.69, 9.17) is 4.74 Å². The number of ether oxygens (including phenoxy) is 1. The molecule has 0 unspecified atom stereocenters. The van der Waals surface area contributed by atoms with E-state index in [1.165, 1.54) is 0 Å². The summed E-state index contributed by atoms with van der Waals surface area (Å²) < 4.78 is 5.59. The van der Waals surface area contributed by atoms with Crippen LogP contribution in [0.2, 0.25) is 0 Å². The van der Waals surface area contributed by atoms with Crippen molar-refractivity contribution in [3.05, 3.63) is 59.8 Å². The molecule has 1 atom stereocenters. The molecular weight excluding hydrogens is 262 g/mol. The smallest absolute Gasteiger partial charge is 0.357 e. The van der Waals surface area contributed by atoms with Gasteiger partial charge in [0, 0.05) is 0 Å². The molecule has 0 aromatic heterocycles. The van der Waals surface area contributed by atoms with Gasteiger partial charge in [0.2, 0.25) is 0 Å². The summed E-state index contributed by atoms with van der Waals surface area (Å²) in [5.41, 5.74) is 3.16. The highest BCUT2D eigenvalue weighted by Gasteiger charge is 2.31. The van der Waals surface area contributed by atoms with Crippen LogP contribution in [0.3, 0.4) is 0 Å². The molecule has 0 spiro atoms. The number of hydrogen-bond acceptors (Lipinski definition) is 3. The lowest BCUT2D eigenvalue weighted by atomic mass is 9.95. The number of carbonyl (C=O) groups excluding carboxylic acids is 1. The summed E-state index contributed by atoms with van der Waals surface area (Å²) in [6.07, 6.45) is 2.11. The highest BCUT2D eigenvalue weighted by atomic mass is 16.5. The van der Waals surface area contributed by atoms with Crippen LogP contribution < -0.4 is 0 Å². The van der Waals surface area contributed by atoms with Crippen LogP contribution in [0.1, 0.15) is 32.8 Å². The molecule has 0 saturated heterocycles. The molecule has 1 aliphatic heterocycles. The van der Waals surface area contributed by atoms with Gasteiger partial charge in [-0.05, 0) is 30.9 Å². The Hall–Kier alpha value is -2.16. The third-order valence-corrected chi connectivity index (χ3v) is 3.27. The zero-order valence-corrected chi connectivity index (χ0v) is 12.8. The summed E-state index contributed by atoms with van der Waals surface area (Å²) in [6.45, 7) is 9.81. The second kappa shape index (κ2) is 6.53. The van der Waals surface area contributed by atoms with Crippen LogP contribution >= 0.6 is 0 Å². The van der Waals surface area contributed by atoms with Gasteiger partial charge in [0.1, 0.15) is 11.8 Å². The van der Waals surface area contributed by atoms with Gasteiger partial charge in [-0.2, -0.15) is 0 Å². The summed E-state index contributed by atoms with van der Waals surface area (Å²) >= 11 is 0. The number of aliphatic imine (C=N–C) groups is 1. The van der Waals surface area contributed by atoms with E-state index in [2.05, 4.69) is 11.6 Å². The lowest BCUT2D eigenvalue weighted by Gasteiger charge is -2.27. The predicted octanol–water partition coefficient (Wildman–Crippen LogP) is 3.91. The molecule has 0 saturated carbocycles. The van der Waals surface area contributed by atoms with E-state index in [1.54, 1.807) is 6.08 Å². The normalized spacial score (nSPS) is 20.4. The maximum Gasteiger partial charge on any atom is 0.357 e. The second-order valence-electron chi connectivity index (χ2n) is 5.68. The Labute approximate surface area is 126 Å². The highest BCUT2D eigenvalue weighted by Crippen LogP contribution is 2.23. The minimum Gasteiger partial charge on any atom is -0.451 e. The fourth-order valence-electron chi connectivity index (χ4n) is 2.16. The number of benzene rings is 1. The molecule has 0 fully saturated rings. The first-order chi connectivity index (χ1) is 9.99. The Morgan fingerprint density at radius 3 is 2.62 bits per heavy atom. The van der Waals surface area contributed by atoms with Crippen LogP contribution in [0.15, 0.2) is 59.2 Å². The Kier molecular flexibility index (Phi) is 4.73. The van der Waals surface area contributed by atoms with E-state index < -0.39 is 0 Å². The molecule has 110 valence electrons. The van der Waals surface area contributed by atoms with Gasteiger partial charge in [0.05, 0.1) is 5.71 Å². The molecule has 0 bridgehead atoms. The molecule has 0 radical (unpaired) electrons. The van der Waals surface area contributed by atoms with Crippen LogP contribution in [0.25, 0.3) is 0 Å². The van der Waals surface area contributed by atoms with Crippen LogP contribution in [0.5, 0.6) is 0 Å². The van der Waals surface area contributed by atoms with Crippen molar-refractivity contribution in [2.75, 3.05) is 0 Å². The Morgan fingerprint density at radius 1 is 1.38 bits per heavy atom. The molecule has 2 rings (SSSR count). The molecule has 3 nitrogen and oxygen atoms in total. The number of allylic oxidation sites excluding steroid dienone is 2. The van der Waals surface area contributed by atoms with Gasteiger partial charge < -0.3 is 4.74 Å². The molecule has 21 heavy (non-hydrogen) atoms. The predicted molar refractivity (Wildman–Crippen MR) is 85.2 cm³/mol. The summed E-state index contributed by atoms with van der Waals surface area (Å²) in [4.78, 5) is 16.6. The fraction of sp³-hybridized carbons (Fsp3) is 0.333. The first-order valence-electron chi connectivity index (χ1n) is 7.18. The van der Waals surface area contributed by atoms with E-state index in [0.29, 0.717) is 12.1 Å². The van der Waals surface area contributed by atoms with E-state index in [9.17, 15) is 4.79 Å². The van der Waals surface area contributed by atoms with E-state index in [-0.39, 0.29) is 18.0 Å². The number of rotatable bonds is 4. The second-order valence-corrected chi connectivity index (χ2v) is 5.68. The lowest BCUT2D eigenvalue weighted by molar-refractivity contribution is -0.143. The molecule has 3 heteroatoms. The number of carbonyl (C=O) groups is 1. The molecule has 0 aliphatic carbocycles. The molecule has 1 heterocycles. The quantitative estimate of drug-likeness (QED) is 0.477. The van der Waals surface area contributed by atoms with Crippen molar-refractivity contribution in [1.82, 2.24) is 0 Å². The SMILES string of the molecule is C=C(C)C/C=C1\N=C(c2ccccc2)[C@H](C(C)C)OC1=O. The van der Waals surface area contributed by atoms with Crippen molar-refractivity contribution >= 4 is 11.7 Å². The summed E-state index contributed by atoms with van der Waals surface area (Å²) in [7, 11) is 0. The first kappa shape index (κ1) is 15.2. The molecule has 0 N–H and O–H groups in total. The zero-order chi connectivity index (χ0) is 15.4. The Bertz CT molecular complexity index is 597. The van der Waals surface area contributed by atoms with Crippen molar-refractivity contribution in [2.45, 2.75) is 33.3 Å². The van der Waals surface area contributed by atoms with Crippen molar-refractivity contribution in [2.24, 2.45) is 10.9 Å². The maximum atomic E-state index is 12.1. The van der Waals surface area contributed by atoms with Crippen molar-refractivity contribution in [1.29, 1.82) is 0 Å². The van der Waals surface area contributed by atoms with Crippen LogP contribution in [-0.4, -0.2) is 17.8 Å². The molecule has 1 aliphatic rings. The number of hydrogen-bond donors (Lipinski definition) is 0. The van der Waals surface area contributed by atoms with Crippen molar-refractivity contribution in [3.63, 3.8) is 0 Å². The van der Waals surface area contributed by atoms with Crippen molar-refractivity contribution in [3.8, 4) is 0 Å². The summed E-state index contributed by atoms with van der Waals surface area (Å²) in [5.74, 6) is -0.176. The standard InChI is InChI=1S/C18H21NO2/c1-12(2)10-11-15-18(20)21-17(13(3)4)16(19-15)14-8-6-5-7-9-14/h5-9,11,13,17H,1,10H2,2-4H3/b15-11-/t17-/m0/s1. The minimum absolute atomic E-state index is 0.176. The largest absolute Gasteiger partial charge is 0.451 e. The summed E-state index contributed by atoms with van der Waals surface area (Å²) in [5, 5.41) is 0. The van der Waals surface area contributed by atoms with Crippen LogP contribution in [-0.2, 0) is 9.53 Å². The topological polar surface area (TPSA) is 38.7 Å². The number of esters is 1. The molecule has 1 aromatic rings. The van der Waals surface area contributed by atoms with Crippen LogP contribution in [0.4, 0.5) is 0 Å². The van der Waals surface area contributed by atoms with Gasteiger partial charge in [0.25, 0.3) is 0 Å². The average Bonchev–Trinajstić information content (AvgIpc) is 2.46. The highest BCUT2D eigenvalue weighted by molar-refractivity contribution is 6.10. The number of cyclic esters (lactones) is 1. The van der Waals surface area contributed by atoms with E-state index >= 15 is 0 Å². The van der Waals surface area contributed by atoms with Gasteiger partial charge >= 0.3 is 5.97 Å². The Morgan fingerprint density at radius 2 is 2.05 bits per heavy atom. The van der Waals surface area contributed by atoms with Gasteiger partial charge in [-0.25, -0.2) is 9.79 Å². The van der Waals surface area contributed by atoms with E-state index in [0.717, 1.165) is 16.8 Å². The maximum absolute atomic E-state index is 12.1. The summed E-state index contributed by atoms with van der Waals surface area (Å²) in [6, 6.07) is 9.86. The molecular formula is C18H21NO2. The lowest BCUT2D eigenvalue weighted by Crippen LogP contribution is -2.37. The third-order valence-electron chi connectivity index (χ3n) is 3.27. The molecule has 1 aromatic carbocycles. The first-order valence-corrected chi connectivity index (χ1v) is 7.18. The van der Waals surface area contributed by atoms with E-state index in [1.807, 2.05) is 51.1 Å². The van der Waals surface area contributed by atoms with Gasteiger partial charge in [-0.3, -0.25) is 0 Å². The fourth-order valence-corrected chi connectivity index (χ4v) is 2.16. The van der Waals surface area contributed by atoms with Crippen LogP contribution in [0, 0.1) is 5.92 Å². The number of nitrogens with zero attached hydrogens (tertiary/aromatic N) is 1. The zero-order valence-electron chi connectivity index (χ0n) is 12.8. The van der Waals surface area contributed by atoms with Gasteiger partial charge in [0.15, 0.2) is 0 Å². The monoisotopic (exact) mass is 283 g/mol. The average molecular weight is 283 g/mol. The minimum atomic E-state index is -0.352. The Balaban J connectivity index is 2.43. The van der Waals surface area contributed by atoms with Gasteiger partial charge in [-0.1, -0.05) is 56.3 Å². The molecule has 0 amide bonds.